The molecule has 0 radical (unpaired) electrons. The van der Waals surface area contributed by atoms with Crippen molar-refractivity contribution in [2.24, 2.45) is 0 Å². The minimum absolute atomic E-state index is 0.571. The van der Waals surface area contributed by atoms with E-state index in [-0.39, 0.29) is 0 Å². The van der Waals surface area contributed by atoms with E-state index in [0.717, 1.165) is 0 Å². The summed E-state index contributed by atoms with van der Waals surface area (Å²) in [5.74, 6) is 1.19. The maximum Gasteiger partial charge on any atom is 0.0346 e. The van der Waals surface area contributed by atoms with Crippen LogP contribution in [0.1, 0.15) is 50.7 Å². The van der Waals surface area contributed by atoms with Gasteiger partial charge in [-0.1, -0.05) is 100 Å². The highest BCUT2D eigenvalue weighted by Crippen LogP contribution is 2.23. The van der Waals surface area contributed by atoms with Gasteiger partial charge in [-0.05, 0) is 50.9 Å². The Morgan fingerprint density at radius 3 is 1.93 bits per heavy atom. The van der Waals surface area contributed by atoms with Crippen LogP contribution in [0.2, 0.25) is 0 Å². The fourth-order valence-electron chi connectivity index (χ4n) is 3.18. The summed E-state index contributed by atoms with van der Waals surface area (Å²) >= 11 is 0. The second-order valence-corrected chi connectivity index (χ2v) is 7.78. The maximum absolute atomic E-state index is 4.14. The third kappa shape index (κ3) is 5.07. The number of hydrogen-bond acceptors (Lipinski definition) is 1. The van der Waals surface area contributed by atoms with Gasteiger partial charge in [-0.3, -0.25) is 4.98 Å². The van der Waals surface area contributed by atoms with Gasteiger partial charge in [0.1, 0.15) is 0 Å². The molecule has 0 amide bonds. The molecule has 1 heteroatoms. The molecule has 0 spiro atoms. The Morgan fingerprint density at radius 1 is 0.571 bits per heavy atom. The van der Waals surface area contributed by atoms with E-state index >= 15 is 0 Å². The summed E-state index contributed by atoms with van der Waals surface area (Å²) in [7, 11) is 0. The summed E-state index contributed by atoms with van der Waals surface area (Å²) in [6.45, 7) is 8.87. The summed E-state index contributed by atoms with van der Waals surface area (Å²) in [5.41, 5.74) is 5.21. The summed E-state index contributed by atoms with van der Waals surface area (Å²) in [5, 5.41) is 2.67. The van der Waals surface area contributed by atoms with E-state index in [2.05, 4.69) is 105 Å². The van der Waals surface area contributed by atoms with Gasteiger partial charge in [-0.25, -0.2) is 0 Å². The van der Waals surface area contributed by atoms with Crippen LogP contribution in [0.25, 0.3) is 21.9 Å². The second-order valence-electron chi connectivity index (χ2n) is 7.78. The van der Waals surface area contributed by atoms with Crippen LogP contribution >= 0.6 is 0 Å². The predicted octanol–water partition coefficient (Wildman–Crippen LogP) is 7.84. The Bertz CT molecular complexity index is 1020. The molecule has 0 aliphatic carbocycles. The molecule has 0 saturated heterocycles. The van der Waals surface area contributed by atoms with Crippen molar-refractivity contribution in [3.8, 4) is 11.1 Å². The van der Waals surface area contributed by atoms with Crippen molar-refractivity contribution < 1.29 is 0 Å². The molecule has 1 nitrogen and oxygen atoms in total. The first-order valence-electron chi connectivity index (χ1n) is 10.0. The van der Waals surface area contributed by atoms with Gasteiger partial charge in [0.05, 0.1) is 0 Å². The van der Waals surface area contributed by atoms with Crippen molar-refractivity contribution in [3.63, 3.8) is 0 Å². The van der Waals surface area contributed by atoms with Crippen LogP contribution in [0.3, 0.4) is 0 Å². The summed E-state index contributed by atoms with van der Waals surface area (Å²) < 4.78 is 0. The molecule has 28 heavy (non-hydrogen) atoms. The molecule has 1 heterocycles. The molecule has 4 rings (SSSR count). The molecule has 0 aliphatic rings. The highest BCUT2D eigenvalue weighted by atomic mass is 14.6. The van der Waals surface area contributed by atoms with Gasteiger partial charge in [0.2, 0.25) is 0 Å². The molecule has 4 aromatic rings. The standard InChI is InChI=1S/C14H15N.C13H14/c1-11(2)12-5-3-6-13(9-12)14-7-4-8-15-10-14;1-10(2)12-8-7-11-5-3-4-6-13(11)9-12/h3-11H,1-2H3;3-10H,1-2H3. The number of hydrogen-bond donors (Lipinski definition) is 0. The van der Waals surface area contributed by atoms with Crippen molar-refractivity contribution >= 4 is 10.8 Å². The smallest absolute Gasteiger partial charge is 0.0346 e. The van der Waals surface area contributed by atoms with E-state index in [1.165, 1.54) is 33.0 Å². The fourth-order valence-corrected chi connectivity index (χ4v) is 3.18. The molecule has 0 atom stereocenters. The van der Waals surface area contributed by atoms with E-state index < -0.39 is 0 Å². The number of nitrogens with zero attached hydrogens (tertiary/aromatic N) is 1. The van der Waals surface area contributed by atoms with Gasteiger partial charge >= 0.3 is 0 Å². The lowest BCUT2D eigenvalue weighted by Crippen LogP contribution is -1.87. The number of benzene rings is 3. The second kappa shape index (κ2) is 9.32. The Hall–Kier alpha value is -2.93. The van der Waals surface area contributed by atoms with Crippen LogP contribution in [0.4, 0.5) is 0 Å². The molecule has 0 bridgehead atoms. The van der Waals surface area contributed by atoms with Crippen molar-refractivity contribution in [2.75, 3.05) is 0 Å². The molecule has 1 aromatic heterocycles. The average molecular weight is 368 g/mol. The molecule has 0 N–H and O–H groups in total. The first-order chi connectivity index (χ1) is 13.5. The van der Waals surface area contributed by atoms with Crippen molar-refractivity contribution in [1.29, 1.82) is 0 Å². The van der Waals surface area contributed by atoms with Gasteiger partial charge in [-0.2, -0.15) is 0 Å². The quantitative estimate of drug-likeness (QED) is 0.359. The molecule has 0 fully saturated rings. The topological polar surface area (TPSA) is 12.9 Å². The minimum Gasteiger partial charge on any atom is -0.264 e. The first kappa shape index (κ1) is 19.8. The largest absolute Gasteiger partial charge is 0.264 e. The van der Waals surface area contributed by atoms with Crippen LogP contribution < -0.4 is 0 Å². The van der Waals surface area contributed by atoms with Crippen molar-refractivity contribution in [3.05, 3.63) is 102 Å². The molecular formula is C27H29N. The van der Waals surface area contributed by atoms with Crippen molar-refractivity contribution in [2.45, 2.75) is 39.5 Å². The van der Waals surface area contributed by atoms with Gasteiger partial charge in [0.15, 0.2) is 0 Å². The molecule has 0 unspecified atom stereocenters. The number of pyridine rings is 1. The van der Waals surface area contributed by atoms with E-state index in [4.69, 9.17) is 0 Å². The zero-order valence-corrected chi connectivity index (χ0v) is 17.3. The van der Waals surface area contributed by atoms with Crippen LogP contribution in [-0.2, 0) is 0 Å². The Kier molecular flexibility index (Phi) is 6.60. The molecule has 142 valence electrons. The number of aromatic nitrogens is 1. The third-order valence-electron chi connectivity index (χ3n) is 4.99. The highest BCUT2D eigenvalue weighted by Gasteiger charge is 2.02. The van der Waals surface area contributed by atoms with Gasteiger partial charge in [0.25, 0.3) is 0 Å². The van der Waals surface area contributed by atoms with Crippen molar-refractivity contribution in [1.82, 2.24) is 4.98 Å². The normalized spacial score (nSPS) is 10.8. The monoisotopic (exact) mass is 367 g/mol. The summed E-state index contributed by atoms with van der Waals surface area (Å²) in [4.78, 5) is 4.14. The first-order valence-corrected chi connectivity index (χ1v) is 10.0. The summed E-state index contributed by atoms with van der Waals surface area (Å²) in [6, 6.07) is 27.9. The van der Waals surface area contributed by atoms with Crippen LogP contribution in [0.15, 0.2) is 91.3 Å². The lowest BCUT2D eigenvalue weighted by Gasteiger charge is -2.07. The lowest BCUT2D eigenvalue weighted by molar-refractivity contribution is 0.867. The minimum atomic E-state index is 0.571. The van der Waals surface area contributed by atoms with Gasteiger partial charge in [-0.15, -0.1) is 0 Å². The van der Waals surface area contributed by atoms with E-state index in [9.17, 15) is 0 Å². The highest BCUT2D eigenvalue weighted by molar-refractivity contribution is 5.83. The average Bonchev–Trinajstić information content (AvgIpc) is 2.74. The molecular weight excluding hydrogens is 338 g/mol. The Balaban J connectivity index is 0.000000162. The zero-order valence-electron chi connectivity index (χ0n) is 17.3. The SMILES string of the molecule is CC(C)c1ccc2ccccc2c1.CC(C)c1cccc(-c2cccnc2)c1. The van der Waals surface area contributed by atoms with Gasteiger partial charge in [0, 0.05) is 12.4 Å². The maximum atomic E-state index is 4.14. The predicted molar refractivity (Wildman–Crippen MR) is 122 cm³/mol. The van der Waals surface area contributed by atoms with Gasteiger partial charge < -0.3 is 0 Å². The van der Waals surface area contributed by atoms with E-state index in [0.29, 0.717) is 11.8 Å². The zero-order chi connectivity index (χ0) is 19.9. The molecule has 0 saturated carbocycles. The van der Waals surface area contributed by atoms with Crippen LogP contribution in [0.5, 0.6) is 0 Å². The molecule has 0 aliphatic heterocycles. The van der Waals surface area contributed by atoms with Crippen LogP contribution in [-0.4, -0.2) is 4.98 Å². The van der Waals surface area contributed by atoms with E-state index in [1.807, 2.05) is 12.3 Å². The Labute approximate surface area is 169 Å². The number of rotatable bonds is 3. The third-order valence-corrected chi connectivity index (χ3v) is 4.99. The Morgan fingerprint density at radius 2 is 1.25 bits per heavy atom. The van der Waals surface area contributed by atoms with Crippen LogP contribution in [0, 0.1) is 0 Å². The summed E-state index contributed by atoms with van der Waals surface area (Å²) in [6.07, 6.45) is 3.70. The fraction of sp³-hybridized carbons (Fsp3) is 0.222. The lowest BCUT2D eigenvalue weighted by atomic mass is 9.98. The number of fused-ring (bicyclic) bond motifs is 1. The van der Waals surface area contributed by atoms with E-state index in [1.54, 1.807) is 6.20 Å². The molecule has 3 aromatic carbocycles.